The van der Waals surface area contributed by atoms with Crippen molar-refractivity contribution in [3.05, 3.63) is 30.9 Å². The quantitative estimate of drug-likeness (QED) is 0.697. The predicted molar refractivity (Wildman–Crippen MR) is 105 cm³/mol. The second kappa shape index (κ2) is 7.71. The van der Waals surface area contributed by atoms with Gasteiger partial charge in [-0.25, -0.2) is 15.0 Å². The molecule has 1 saturated heterocycles. The first kappa shape index (κ1) is 18.0. The molecule has 3 aromatic rings. The van der Waals surface area contributed by atoms with Crippen molar-refractivity contribution in [2.24, 2.45) is 5.92 Å². The fourth-order valence-corrected chi connectivity index (χ4v) is 3.48. The van der Waals surface area contributed by atoms with Crippen molar-refractivity contribution in [3.63, 3.8) is 0 Å². The Kier molecular flexibility index (Phi) is 4.96. The van der Waals surface area contributed by atoms with Crippen LogP contribution in [0.4, 0.5) is 11.5 Å². The number of nitrogens with zero attached hydrogens (tertiary/aromatic N) is 4. The van der Waals surface area contributed by atoms with Crippen molar-refractivity contribution >= 4 is 28.6 Å². The molecule has 146 valence electrons. The maximum atomic E-state index is 12.7. The topological polar surface area (TPSA) is 105 Å². The number of aromatic nitrogens is 4. The minimum absolute atomic E-state index is 0.00232. The molecule has 1 aliphatic heterocycles. The third kappa shape index (κ3) is 3.42. The number of carbonyl (C=O) groups excluding carboxylic acids is 1. The molecule has 0 aliphatic carbocycles. The molecule has 4 rings (SSSR count). The fraction of sp³-hybridized carbons (Fsp3) is 0.368. The number of methoxy groups -OCH3 is 2. The summed E-state index contributed by atoms with van der Waals surface area (Å²) in [6.07, 6.45) is 4.62. The lowest BCUT2D eigenvalue weighted by Gasteiger charge is -2.32. The van der Waals surface area contributed by atoms with Crippen molar-refractivity contribution in [2.45, 2.75) is 12.8 Å². The van der Waals surface area contributed by atoms with Gasteiger partial charge in [0.1, 0.15) is 23.3 Å². The zero-order valence-electron chi connectivity index (χ0n) is 15.8. The number of rotatable bonds is 5. The molecule has 1 aromatic carbocycles. The van der Waals surface area contributed by atoms with Crippen LogP contribution in [-0.4, -0.2) is 53.2 Å². The van der Waals surface area contributed by atoms with Gasteiger partial charge in [-0.15, -0.1) is 0 Å². The highest BCUT2D eigenvalue weighted by atomic mass is 16.5. The molecule has 9 heteroatoms. The van der Waals surface area contributed by atoms with Gasteiger partial charge in [0, 0.05) is 25.1 Å². The largest absolute Gasteiger partial charge is 0.497 e. The fourth-order valence-electron chi connectivity index (χ4n) is 3.48. The second-order valence-electron chi connectivity index (χ2n) is 6.62. The van der Waals surface area contributed by atoms with E-state index >= 15 is 0 Å². The first-order valence-corrected chi connectivity index (χ1v) is 9.11. The number of ether oxygens (including phenoxy) is 2. The molecule has 9 nitrogen and oxygen atoms in total. The molecule has 1 aliphatic rings. The Balaban J connectivity index is 1.41. The highest BCUT2D eigenvalue weighted by molar-refractivity contribution is 5.94. The number of carbonyl (C=O) groups is 1. The number of imidazole rings is 1. The van der Waals surface area contributed by atoms with E-state index in [0.717, 1.165) is 37.3 Å². The standard InChI is InChI=1S/C19H22N6O3/c1-27-13-3-4-14(15(9-13)28-2)24-19(26)12-5-7-25(8-6-12)18-16-17(21-10-20-16)22-11-23-18/h3-4,9-12H,5-8H2,1-2H3,(H,24,26)(H,20,21,22,23). The van der Waals surface area contributed by atoms with Gasteiger partial charge in [0.05, 0.1) is 26.2 Å². The minimum Gasteiger partial charge on any atom is -0.497 e. The summed E-state index contributed by atoms with van der Waals surface area (Å²) in [6, 6.07) is 5.34. The Labute approximate surface area is 162 Å². The van der Waals surface area contributed by atoms with Crippen LogP contribution in [0.25, 0.3) is 11.2 Å². The molecule has 0 unspecified atom stereocenters. The number of aromatic amines is 1. The number of nitrogens with one attached hydrogen (secondary N) is 2. The molecule has 3 heterocycles. The van der Waals surface area contributed by atoms with Crippen molar-refractivity contribution in [1.29, 1.82) is 0 Å². The molecule has 2 aromatic heterocycles. The Hall–Kier alpha value is -3.36. The number of amides is 1. The smallest absolute Gasteiger partial charge is 0.227 e. The van der Waals surface area contributed by atoms with Gasteiger partial charge in [-0.3, -0.25) is 4.79 Å². The summed E-state index contributed by atoms with van der Waals surface area (Å²) in [5.41, 5.74) is 2.12. The van der Waals surface area contributed by atoms with Crippen LogP contribution in [0.15, 0.2) is 30.9 Å². The van der Waals surface area contributed by atoms with Crippen molar-refractivity contribution in [2.75, 3.05) is 37.5 Å². The van der Waals surface area contributed by atoms with E-state index in [1.54, 1.807) is 38.7 Å². The molecule has 0 atom stereocenters. The van der Waals surface area contributed by atoms with Crippen LogP contribution < -0.4 is 19.7 Å². The highest BCUT2D eigenvalue weighted by Crippen LogP contribution is 2.31. The Bertz CT molecular complexity index is 981. The van der Waals surface area contributed by atoms with E-state index in [1.807, 2.05) is 0 Å². The number of fused-ring (bicyclic) bond motifs is 1. The van der Waals surface area contributed by atoms with E-state index < -0.39 is 0 Å². The lowest BCUT2D eigenvalue weighted by atomic mass is 9.95. The average Bonchev–Trinajstić information content (AvgIpc) is 3.23. The normalized spacial score (nSPS) is 14.9. The third-order valence-corrected chi connectivity index (χ3v) is 5.03. The van der Waals surface area contributed by atoms with E-state index in [4.69, 9.17) is 9.47 Å². The Morgan fingerprint density at radius 1 is 1.18 bits per heavy atom. The Morgan fingerprint density at radius 3 is 2.75 bits per heavy atom. The first-order valence-electron chi connectivity index (χ1n) is 9.11. The summed E-state index contributed by atoms with van der Waals surface area (Å²) in [5, 5.41) is 2.98. The van der Waals surface area contributed by atoms with Gasteiger partial charge in [0.25, 0.3) is 0 Å². The van der Waals surface area contributed by atoms with E-state index in [-0.39, 0.29) is 11.8 Å². The molecule has 0 saturated carbocycles. The zero-order valence-corrected chi connectivity index (χ0v) is 15.8. The summed E-state index contributed by atoms with van der Waals surface area (Å²) >= 11 is 0. The van der Waals surface area contributed by atoms with Crippen LogP contribution in [0.2, 0.25) is 0 Å². The lowest BCUT2D eigenvalue weighted by Crippen LogP contribution is -2.38. The van der Waals surface area contributed by atoms with Crippen molar-refractivity contribution in [1.82, 2.24) is 19.9 Å². The molecule has 1 amide bonds. The van der Waals surface area contributed by atoms with Crippen LogP contribution in [-0.2, 0) is 4.79 Å². The average molecular weight is 382 g/mol. The highest BCUT2D eigenvalue weighted by Gasteiger charge is 2.27. The van der Waals surface area contributed by atoms with E-state index in [0.29, 0.717) is 22.8 Å². The predicted octanol–water partition coefficient (Wildman–Crippen LogP) is 2.23. The van der Waals surface area contributed by atoms with Crippen LogP contribution in [0.1, 0.15) is 12.8 Å². The minimum atomic E-state index is -0.0675. The molecular formula is C19H22N6O3. The number of hydrogen-bond acceptors (Lipinski definition) is 7. The summed E-state index contributed by atoms with van der Waals surface area (Å²) < 4.78 is 10.6. The summed E-state index contributed by atoms with van der Waals surface area (Å²) in [5.74, 6) is 2.02. The third-order valence-electron chi connectivity index (χ3n) is 5.03. The van der Waals surface area contributed by atoms with Crippen LogP contribution in [0.5, 0.6) is 11.5 Å². The van der Waals surface area contributed by atoms with Crippen LogP contribution >= 0.6 is 0 Å². The monoisotopic (exact) mass is 382 g/mol. The first-order chi connectivity index (χ1) is 13.7. The maximum Gasteiger partial charge on any atom is 0.227 e. The summed E-state index contributed by atoms with van der Waals surface area (Å²) in [4.78, 5) is 30.7. The molecular weight excluding hydrogens is 360 g/mol. The van der Waals surface area contributed by atoms with E-state index in [1.165, 1.54) is 6.33 Å². The van der Waals surface area contributed by atoms with Crippen LogP contribution in [0.3, 0.4) is 0 Å². The van der Waals surface area contributed by atoms with Crippen molar-refractivity contribution in [3.8, 4) is 11.5 Å². The Morgan fingerprint density at radius 2 is 2.00 bits per heavy atom. The molecule has 0 bridgehead atoms. The van der Waals surface area contributed by atoms with Gasteiger partial charge in [0.2, 0.25) is 5.91 Å². The maximum absolute atomic E-state index is 12.7. The van der Waals surface area contributed by atoms with Gasteiger partial charge in [0.15, 0.2) is 11.5 Å². The molecule has 0 spiro atoms. The number of H-pyrrole nitrogens is 1. The van der Waals surface area contributed by atoms with Gasteiger partial charge < -0.3 is 24.7 Å². The zero-order chi connectivity index (χ0) is 19.5. The number of benzene rings is 1. The molecule has 0 radical (unpaired) electrons. The molecule has 28 heavy (non-hydrogen) atoms. The number of piperidine rings is 1. The lowest BCUT2D eigenvalue weighted by molar-refractivity contribution is -0.120. The SMILES string of the molecule is COc1ccc(NC(=O)C2CCN(c3ncnc4nc[nH]c34)CC2)c(OC)c1. The molecule has 1 fully saturated rings. The van der Waals surface area contributed by atoms with Crippen molar-refractivity contribution < 1.29 is 14.3 Å². The summed E-state index contributed by atoms with van der Waals surface area (Å²) in [7, 11) is 3.16. The van der Waals surface area contributed by atoms with Gasteiger partial charge >= 0.3 is 0 Å². The second-order valence-corrected chi connectivity index (χ2v) is 6.62. The van der Waals surface area contributed by atoms with E-state index in [9.17, 15) is 4.79 Å². The van der Waals surface area contributed by atoms with Gasteiger partial charge in [-0.1, -0.05) is 0 Å². The van der Waals surface area contributed by atoms with Gasteiger partial charge in [-0.2, -0.15) is 0 Å². The number of hydrogen-bond donors (Lipinski definition) is 2. The van der Waals surface area contributed by atoms with E-state index in [2.05, 4.69) is 30.2 Å². The summed E-state index contributed by atoms with van der Waals surface area (Å²) in [6.45, 7) is 1.48. The van der Waals surface area contributed by atoms with Crippen LogP contribution in [0, 0.1) is 5.92 Å². The number of anilines is 2. The molecule has 2 N–H and O–H groups in total. The van der Waals surface area contributed by atoms with Gasteiger partial charge in [-0.05, 0) is 25.0 Å².